The van der Waals surface area contributed by atoms with Crippen LogP contribution in [0.3, 0.4) is 0 Å². The third kappa shape index (κ3) is 7.06. The number of hydrogen-bond donors (Lipinski definition) is 0. The summed E-state index contributed by atoms with van der Waals surface area (Å²) in [5.41, 5.74) is 4.01. The van der Waals surface area contributed by atoms with Gasteiger partial charge in [-0.1, -0.05) is 91.2 Å². The molecule has 2 fully saturated rings. The molecule has 2 aliphatic rings. The number of furan rings is 1. The molecule has 3 heterocycles. The summed E-state index contributed by atoms with van der Waals surface area (Å²) in [5.74, 6) is -0.942. The molecule has 4 heteroatoms. The van der Waals surface area contributed by atoms with Gasteiger partial charge in [-0.05, 0) is 104 Å². The van der Waals surface area contributed by atoms with E-state index in [1.165, 1.54) is 62.6 Å². The average molecular weight is 860 g/mol. The van der Waals surface area contributed by atoms with E-state index < -0.39 is 33.3 Å². The Morgan fingerprint density at radius 2 is 1.51 bits per heavy atom. The van der Waals surface area contributed by atoms with Gasteiger partial charge in [0.2, 0.25) is 0 Å². The van der Waals surface area contributed by atoms with E-state index in [1.54, 1.807) is 0 Å². The first-order valence-electron chi connectivity index (χ1n) is 23.9. The van der Waals surface area contributed by atoms with E-state index in [4.69, 9.17) is 20.9 Å². The summed E-state index contributed by atoms with van der Waals surface area (Å²) >= 11 is 0. The molecular formula is C47H46IrN2O-2. The molecule has 4 aromatic carbocycles. The zero-order chi connectivity index (χ0) is 45.2. The maximum absolute atomic E-state index is 9.57. The molecule has 0 unspecified atom stereocenters. The van der Waals surface area contributed by atoms with Crippen LogP contribution in [0.15, 0.2) is 95.7 Å². The van der Waals surface area contributed by atoms with Crippen LogP contribution in [0.5, 0.6) is 0 Å². The molecular weight excluding hydrogens is 801 g/mol. The summed E-state index contributed by atoms with van der Waals surface area (Å²) in [6, 6.07) is 29.5. The fourth-order valence-corrected chi connectivity index (χ4v) is 7.88. The summed E-state index contributed by atoms with van der Waals surface area (Å²) < 4.78 is 108. The fourth-order valence-electron chi connectivity index (χ4n) is 7.88. The van der Waals surface area contributed by atoms with Crippen molar-refractivity contribution in [3.05, 3.63) is 131 Å². The van der Waals surface area contributed by atoms with E-state index in [2.05, 4.69) is 46.4 Å². The number of fused-ring (bicyclic) bond motifs is 5. The van der Waals surface area contributed by atoms with Crippen molar-refractivity contribution in [2.45, 2.75) is 91.1 Å². The zero-order valence-electron chi connectivity index (χ0n) is 41.2. The topological polar surface area (TPSA) is 38.9 Å². The molecule has 0 aliphatic heterocycles. The summed E-state index contributed by atoms with van der Waals surface area (Å²) in [7, 11) is 0. The number of rotatable bonds is 3. The Kier molecular flexibility index (Phi) is 6.63. The molecule has 261 valence electrons. The Morgan fingerprint density at radius 1 is 0.725 bits per heavy atom. The van der Waals surface area contributed by atoms with Gasteiger partial charge in [0.05, 0.1) is 5.58 Å². The molecule has 1 radical (unpaired) electrons. The van der Waals surface area contributed by atoms with Crippen molar-refractivity contribution in [3.63, 3.8) is 0 Å². The normalized spacial score (nSPS) is 21.2. The summed E-state index contributed by atoms with van der Waals surface area (Å²) in [6.07, 6.45) is 12.2. The van der Waals surface area contributed by atoms with Crippen molar-refractivity contribution in [2.24, 2.45) is 5.41 Å². The van der Waals surface area contributed by atoms with Crippen molar-refractivity contribution in [1.29, 1.82) is 0 Å². The van der Waals surface area contributed by atoms with Crippen LogP contribution in [0.4, 0.5) is 0 Å². The Bertz CT molecular complexity index is 2790. The zero-order valence-corrected chi connectivity index (χ0v) is 30.6. The molecule has 2 saturated carbocycles. The number of nitrogens with zero attached hydrogens (tertiary/aromatic N) is 2. The molecule has 0 saturated heterocycles. The first kappa shape index (κ1) is 22.7. The molecule has 51 heavy (non-hydrogen) atoms. The minimum atomic E-state index is -2.61. The van der Waals surface area contributed by atoms with Gasteiger partial charge in [-0.3, -0.25) is 0 Å². The van der Waals surface area contributed by atoms with Crippen molar-refractivity contribution >= 4 is 32.7 Å². The maximum atomic E-state index is 9.57. The van der Waals surface area contributed by atoms with E-state index >= 15 is 0 Å². The van der Waals surface area contributed by atoms with Gasteiger partial charge >= 0.3 is 0 Å². The predicted octanol–water partition coefficient (Wildman–Crippen LogP) is 13.0. The molecule has 1 spiro atoms. The second-order valence-electron chi connectivity index (χ2n) is 13.7. The minimum Gasteiger partial charge on any atom is -0.500 e. The molecule has 9 rings (SSSR count). The van der Waals surface area contributed by atoms with Crippen molar-refractivity contribution in [2.75, 3.05) is 0 Å². The SMILES string of the molecule is [2H]C([2H])([2H])c1c[c-]c(-c2cc(C([2H])([2H])[2H])c(C([2H])([2H])[2H])cn2)cc1.[2H]C([2H])([2H])c1cnc(-c2[c-]ccc3c2oc2c4ccccc4ccc32)cc1C1([2H])CCC2(CCCCC2)CC1.[Ir]. The third-order valence-electron chi connectivity index (χ3n) is 10.7. The standard InChI is InChI=1S/C33H32NO.C14H14N.Ir/c1-22-21-34-30(20-29(22)24-14-18-33(19-15-24)16-5-2-6-17-33)28-11-7-10-26-27-13-12-23-8-3-4-9-25(23)31(27)35-32(26)28;1-10-4-6-13(7-5-10)14-8-11(2)12(3)9-15-14;/h3-4,7-10,12-13,20-21,24H,2,5-6,14-19H2,1H3;4-6,8-9H,1-3H3;/q2*-1;/i1D3,24D;1D3,2D3,3D3;. The summed E-state index contributed by atoms with van der Waals surface area (Å²) in [5, 5.41) is 4.17. The van der Waals surface area contributed by atoms with Crippen molar-refractivity contribution < 1.29 is 42.3 Å². The molecule has 2 aliphatic carbocycles. The number of aromatic nitrogens is 2. The van der Waals surface area contributed by atoms with Crippen LogP contribution in [0.2, 0.25) is 0 Å². The Labute approximate surface area is 334 Å². The summed E-state index contributed by atoms with van der Waals surface area (Å²) in [4.78, 5) is 8.63. The van der Waals surface area contributed by atoms with Gasteiger partial charge in [0.25, 0.3) is 0 Å². The number of pyridine rings is 2. The number of aryl methyl sites for hydroxylation is 4. The van der Waals surface area contributed by atoms with E-state index in [0.717, 1.165) is 46.2 Å². The Balaban J connectivity index is 0.000000212. The third-order valence-corrected chi connectivity index (χ3v) is 10.7. The maximum Gasteiger partial charge on any atom is 0.128 e. The molecule has 7 aromatic rings. The Morgan fingerprint density at radius 3 is 2.29 bits per heavy atom. The second kappa shape index (κ2) is 14.9. The monoisotopic (exact) mass is 860 g/mol. The van der Waals surface area contributed by atoms with E-state index in [0.29, 0.717) is 46.2 Å². The molecule has 0 atom stereocenters. The van der Waals surface area contributed by atoms with E-state index in [9.17, 15) is 1.37 Å². The quantitative estimate of drug-likeness (QED) is 0.166. The average Bonchev–Trinajstić information content (AvgIpc) is 3.64. The largest absolute Gasteiger partial charge is 0.500 e. The van der Waals surface area contributed by atoms with Crippen LogP contribution < -0.4 is 0 Å². The van der Waals surface area contributed by atoms with Crippen LogP contribution in [0.1, 0.15) is 109 Å². The van der Waals surface area contributed by atoms with E-state index in [-0.39, 0.29) is 48.1 Å². The fraction of sp³-hybridized carbons (Fsp3) is 0.319. The van der Waals surface area contributed by atoms with Gasteiger partial charge in [-0.2, -0.15) is 0 Å². The van der Waals surface area contributed by atoms with Crippen molar-refractivity contribution in [1.82, 2.24) is 9.97 Å². The predicted molar refractivity (Wildman–Crippen MR) is 207 cm³/mol. The van der Waals surface area contributed by atoms with Gasteiger partial charge in [0.15, 0.2) is 0 Å². The minimum absolute atomic E-state index is 0. The number of hydrogen-bond acceptors (Lipinski definition) is 3. The Hall–Kier alpha value is -4.11. The first-order valence-corrected chi connectivity index (χ1v) is 17.4. The first-order chi connectivity index (χ1) is 29.6. The second-order valence-corrected chi connectivity index (χ2v) is 13.7. The van der Waals surface area contributed by atoms with Crippen LogP contribution >= 0.6 is 0 Å². The molecule has 3 nitrogen and oxygen atoms in total. The van der Waals surface area contributed by atoms with Gasteiger partial charge in [-0.25, -0.2) is 0 Å². The van der Waals surface area contributed by atoms with Crippen LogP contribution in [-0.4, -0.2) is 9.97 Å². The molecule has 0 bridgehead atoms. The van der Waals surface area contributed by atoms with Gasteiger partial charge in [0.1, 0.15) is 5.58 Å². The molecule has 0 N–H and O–H groups in total. The smallest absolute Gasteiger partial charge is 0.128 e. The number of benzene rings is 4. The van der Waals surface area contributed by atoms with Gasteiger partial charge in [-0.15, -0.1) is 53.6 Å². The van der Waals surface area contributed by atoms with Crippen LogP contribution in [0.25, 0.3) is 55.2 Å². The molecule has 3 aromatic heterocycles. The van der Waals surface area contributed by atoms with Gasteiger partial charge in [0, 0.05) is 61.1 Å². The molecule has 0 amide bonds. The van der Waals surface area contributed by atoms with Gasteiger partial charge < -0.3 is 14.4 Å². The van der Waals surface area contributed by atoms with Crippen LogP contribution in [0, 0.1) is 45.0 Å². The van der Waals surface area contributed by atoms with Crippen molar-refractivity contribution in [3.8, 4) is 22.5 Å². The van der Waals surface area contributed by atoms with E-state index in [1.807, 2.05) is 30.3 Å². The summed E-state index contributed by atoms with van der Waals surface area (Å²) in [6.45, 7) is -9.80. The van der Waals surface area contributed by atoms with Crippen LogP contribution in [-0.2, 0) is 20.1 Å².